The molecule has 0 radical (unpaired) electrons. The Kier molecular flexibility index (Phi) is 4.39. The molecule has 0 spiro atoms. The van der Waals surface area contributed by atoms with E-state index in [0.717, 1.165) is 0 Å². The normalized spacial score (nSPS) is 9.71. The molecule has 0 aliphatic heterocycles. The van der Waals surface area contributed by atoms with Crippen LogP contribution in [0, 0.1) is 0 Å². The number of nitrogens with one attached hydrogen (secondary N) is 1. The van der Waals surface area contributed by atoms with E-state index in [1.165, 1.54) is 24.3 Å². The van der Waals surface area contributed by atoms with E-state index in [-0.39, 0.29) is 17.0 Å². The highest BCUT2D eigenvalue weighted by Gasteiger charge is 2.10. The minimum Gasteiger partial charge on any atom is -0.478 e. The van der Waals surface area contributed by atoms with Crippen LogP contribution in [-0.2, 0) is 4.79 Å². The summed E-state index contributed by atoms with van der Waals surface area (Å²) in [6, 6.07) is 5.39. The fourth-order valence-corrected chi connectivity index (χ4v) is 1.25. The van der Waals surface area contributed by atoms with Crippen LogP contribution in [0.4, 0.5) is 0 Å². The van der Waals surface area contributed by atoms with E-state index in [4.69, 9.17) is 5.11 Å². The average Bonchev–Trinajstić information content (AvgIpc) is 2.29. The summed E-state index contributed by atoms with van der Waals surface area (Å²) in [6.45, 7) is 1.84. The van der Waals surface area contributed by atoms with E-state index >= 15 is 0 Å². The molecule has 0 saturated heterocycles. The molecule has 0 aromatic heterocycles. The van der Waals surface area contributed by atoms with E-state index in [2.05, 4.69) is 5.32 Å². The molecule has 0 atom stereocenters. The predicted molar refractivity (Wildman–Crippen MR) is 60.8 cm³/mol. The van der Waals surface area contributed by atoms with Gasteiger partial charge in [0, 0.05) is 12.0 Å². The standard InChI is InChI=1S/C12H13NO4/c1-2-3-10(14)13-11(15)8-4-6-9(7-5-8)12(16)17/h4-7H,2-3H2,1H3,(H,16,17)(H,13,14,15). The molecule has 0 aliphatic rings. The van der Waals surface area contributed by atoms with E-state index in [1.54, 1.807) is 0 Å². The topological polar surface area (TPSA) is 83.5 Å². The summed E-state index contributed by atoms with van der Waals surface area (Å²) in [5.41, 5.74) is 0.362. The fraction of sp³-hybridized carbons (Fsp3) is 0.250. The number of amides is 2. The molecule has 0 bridgehead atoms. The van der Waals surface area contributed by atoms with Crippen molar-refractivity contribution in [2.24, 2.45) is 0 Å². The highest BCUT2D eigenvalue weighted by atomic mass is 16.4. The first-order valence-corrected chi connectivity index (χ1v) is 5.22. The van der Waals surface area contributed by atoms with E-state index < -0.39 is 11.9 Å². The Morgan fingerprint density at radius 2 is 1.65 bits per heavy atom. The number of imide groups is 1. The summed E-state index contributed by atoms with van der Waals surface area (Å²) in [5, 5.41) is 10.9. The number of carboxylic acids is 1. The van der Waals surface area contributed by atoms with Crippen molar-refractivity contribution in [2.75, 3.05) is 0 Å². The molecule has 5 heteroatoms. The van der Waals surface area contributed by atoms with Crippen molar-refractivity contribution in [3.63, 3.8) is 0 Å². The maximum absolute atomic E-state index is 11.5. The van der Waals surface area contributed by atoms with Crippen molar-refractivity contribution >= 4 is 17.8 Å². The van der Waals surface area contributed by atoms with Crippen molar-refractivity contribution in [3.05, 3.63) is 35.4 Å². The van der Waals surface area contributed by atoms with Gasteiger partial charge in [0.25, 0.3) is 5.91 Å². The minimum absolute atomic E-state index is 0.0986. The van der Waals surface area contributed by atoms with Crippen LogP contribution in [0.1, 0.15) is 40.5 Å². The van der Waals surface area contributed by atoms with Gasteiger partial charge in [-0.05, 0) is 30.7 Å². The molecule has 0 heterocycles. The van der Waals surface area contributed by atoms with E-state index in [1.807, 2.05) is 6.92 Å². The van der Waals surface area contributed by atoms with Gasteiger partial charge in [-0.1, -0.05) is 6.92 Å². The van der Waals surface area contributed by atoms with Crippen LogP contribution in [0.25, 0.3) is 0 Å². The molecular formula is C12H13NO4. The minimum atomic E-state index is -1.06. The summed E-state index contributed by atoms with van der Waals surface area (Å²) < 4.78 is 0. The zero-order chi connectivity index (χ0) is 12.8. The molecular weight excluding hydrogens is 222 g/mol. The molecule has 1 aromatic rings. The van der Waals surface area contributed by atoms with Crippen molar-refractivity contribution < 1.29 is 19.5 Å². The van der Waals surface area contributed by atoms with Crippen LogP contribution in [0.2, 0.25) is 0 Å². The number of benzene rings is 1. The lowest BCUT2D eigenvalue weighted by Crippen LogP contribution is -2.30. The van der Waals surface area contributed by atoms with Gasteiger partial charge in [0.2, 0.25) is 5.91 Å². The third-order valence-electron chi connectivity index (χ3n) is 2.12. The Labute approximate surface area is 98.4 Å². The molecule has 1 aromatic carbocycles. The number of carbonyl (C=O) groups excluding carboxylic acids is 2. The summed E-state index contributed by atoms with van der Waals surface area (Å²) in [4.78, 5) is 33.3. The fourth-order valence-electron chi connectivity index (χ4n) is 1.25. The molecule has 0 unspecified atom stereocenters. The van der Waals surface area contributed by atoms with Crippen molar-refractivity contribution in [2.45, 2.75) is 19.8 Å². The zero-order valence-electron chi connectivity index (χ0n) is 9.40. The van der Waals surface area contributed by atoms with Gasteiger partial charge in [-0.25, -0.2) is 4.79 Å². The van der Waals surface area contributed by atoms with Crippen LogP contribution >= 0.6 is 0 Å². The SMILES string of the molecule is CCCC(=O)NC(=O)c1ccc(C(=O)O)cc1. The molecule has 0 aliphatic carbocycles. The van der Waals surface area contributed by atoms with Gasteiger partial charge in [-0.15, -0.1) is 0 Å². The molecule has 2 amide bonds. The van der Waals surface area contributed by atoms with Crippen molar-refractivity contribution in [1.82, 2.24) is 5.32 Å². The number of rotatable bonds is 4. The van der Waals surface area contributed by atoms with Crippen LogP contribution in [0.3, 0.4) is 0 Å². The molecule has 0 saturated carbocycles. The maximum atomic E-state index is 11.5. The first kappa shape index (κ1) is 12.9. The number of hydrogen-bond acceptors (Lipinski definition) is 3. The third kappa shape index (κ3) is 3.71. The summed E-state index contributed by atoms with van der Waals surface area (Å²) in [5.74, 6) is -1.90. The second kappa shape index (κ2) is 5.79. The second-order valence-electron chi connectivity index (χ2n) is 3.51. The largest absolute Gasteiger partial charge is 0.478 e. The molecule has 90 valence electrons. The van der Waals surface area contributed by atoms with Crippen LogP contribution in [0.5, 0.6) is 0 Å². The van der Waals surface area contributed by atoms with Gasteiger partial charge in [-0.3, -0.25) is 14.9 Å². The third-order valence-corrected chi connectivity index (χ3v) is 2.12. The van der Waals surface area contributed by atoms with Crippen LogP contribution < -0.4 is 5.32 Å². The summed E-state index contributed by atoms with van der Waals surface area (Å²) in [6.07, 6.45) is 0.954. The summed E-state index contributed by atoms with van der Waals surface area (Å²) in [7, 11) is 0. The maximum Gasteiger partial charge on any atom is 0.335 e. The highest BCUT2D eigenvalue weighted by molar-refractivity contribution is 6.05. The van der Waals surface area contributed by atoms with Crippen LogP contribution in [-0.4, -0.2) is 22.9 Å². The van der Waals surface area contributed by atoms with E-state index in [9.17, 15) is 14.4 Å². The first-order valence-electron chi connectivity index (χ1n) is 5.22. The van der Waals surface area contributed by atoms with Crippen molar-refractivity contribution in [3.8, 4) is 0 Å². The van der Waals surface area contributed by atoms with Gasteiger partial charge in [0.1, 0.15) is 0 Å². The smallest absolute Gasteiger partial charge is 0.335 e. The highest BCUT2D eigenvalue weighted by Crippen LogP contribution is 2.04. The predicted octanol–water partition coefficient (Wildman–Crippen LogP) is 1.44. The average molecular weight is 235 g/mol. The van der Waals surface area contributed by atoms with Gasteiger partial charge in [-0.2, -0.15) is 0 Å². The first-order chi connectivity index (χ1) is 8.04. The summed E-state index contributed by atoms with van der Waals surface area (Å²) >= 11 is 0. The Morgan fingerprint density at radius 3 is 2.12 bits per heavy atom. The Morgan fingerprint density at radius 1 is 1.12 bits per heavy atom. The molecule has 17 heavy (non-hydrogen) atoms. The van der Waals surface area contributed by atoms with Crippen molar-refractivity contribution in [1.29, 1.82) is 0 Å². The van der Waals surface area contributed by atoms with Gasteiger partial charge in [0.15, 0.2) is 0 Å². The molecule has 2 N–H and O–H groups in total. The molecule has 0 fully saturated rings. The lowest BCUT2D eigenvalue weighted by Gasteiger charge is -2.03. The quantitative estimate of drug-likeness (QED) is 0.827. The van der Waals surface area contributed by atoms with Gasteiger partial charge < -0.3 is 5.11 Å². The van der Waals surface area contributed by atoms with Crippen LogP contribution in [0.15, 0.2) is 24.3 Å². The Balaban J connectivity index is 2.70. The monoisotopic (exact) mass is 235 g/mol. The second-order valence-corrected chi connectivity index (χ2v) is 3.51. The number of carbonyl (C=O) groups is 3. The lowest BCUT2D eigenvalue weighted by molar-refractivity contribution is -0.120. The lowest BCUT2D eigenvalue weighted by atomic mass is 10.1. The van der Waals surface area contributed by atoms with E-state index in [0.29, 0.717) is 12.8 Å². The number of carboxylic acid groups (broad SMARTS) is 1. The number of hydrogen-bond donors (Lipinski definition) is 2. The number of aromatic carboxylic acids is 1. The molecule has 1 rings (SSSR count). The van der Waals surface area contributed by atoms with Gasteiger partial charge >= 0.3 is 5.97 Å². The van der Waals surface area contributed by atoms with Gasteiger partial charge in [0.05, 0.1) is 5.56 Å². The zero-order valence-corrected chi connectivity index (χ0v) is 9.40. The Hall–Kier alpha value is -2.17. The Bertz CT molecular complexity index is 436. The molecule has 5 nitrogen and oxygen atoms in total.